The summed E-state index contributed by atoms with van der Waals surface area (Å²) in [4.78, 5) is 36.9. The number of urea groups is 1. The Hall–Kier alpha value is -3.14. The summed E-state index contributed by atoms with van der Waals surface area (Å²) in [6, 6.07) is 9.19. The van der Waals surface area contributed by atoms with Crippen molar-refractivity contribution in [3.63, 3.8) is 0 Å². The van der Waals surface area contributed by atoms with Crippen LogP contribution in [0.5, 0.6) is 0 Å². The van der Waals surface area contributed by atoms with Crippen molar-refractivity contribution in [2.45, 2.75) is 37.8 Å². The number of imidazole rings is 1. The smallest absolute Gasteiger partial charge is 0.335 e. The SMILES string of the molecule is CCNC(=O)Nc1ncnc2c1nc(I)n2C1OC(C(=O)O)C2OC(C=Cc3ccccc3)OC21. The Kier molecular flexibility index (Phi) is 6.64. The zero-order valence-corrected chi connectivity index (χ0v) is 20.5. The van der Waals surface area contributed by atoms with Crippen LogP contribution >= 0.6 is 22.6 Å². The van der Waals surface area contributed by atoms with Crippen molar-refractivity contribution in [3.05, 3.63) is 52.1 Å². The van der Waals surface area contributed by atoms with Gasteiger partial charge in [-0.05, 0) is 18.6 Å². The minimum atomic E-state index is -1.25. The zero-order valence-electron chi connectivity index (χ0n) is 18.4. The van der Waals surface area contributed by atoms with Crippen LogP contribution in [0.1, 0.15) is 18.7 Å². The minimum absolute atomic E-state index is 0.217. The van der Waals surface area contributed by atoms with Crippen LogP contribution in [-0.2, 0) is 19.0 Å². The average Bonchev–Trinajstić information content (AvgIpc) is 3.50. The van der Waals surface area contributed by atoms with Gasteiger partial charge < -0.3 is 24.6 Å². The Bertz CT molecular complexity index is 1280. The molecule has 5 rings (SSSR count). The molecule has 3 N–H and O–H groups in total. The molecule has 2 fully saturated rings. The van der Waals surface area contributed by atoms with Gasteiger partial charge in [-0.15, -0.1) is 0 Å². The summed E-state index contributed by atoms with van der Waals surface area (Å²) in [6.07, 6.45) is 0.417. The third-order valence-corrected chi connectivity index (χ3v) is 6.28. The first-order valence-electron chi connectivity index (χ1n) is 10.8. The highest BCUT2D eigenvalue weighted by atomic mass is 127. The van der Waals surface area contributed by atoms with Crippen molar-refractivity contribution in [1.29, 1.82) is 0 Å². The molecule has 13 heteroatoms. The molecule has 0 radical (unpaired) electrons. The number of carbonyl (C=O) groups is 2. The van der Waals surface area contributed by atoms with Crippen LogP contribution < -0.4 is 10.6 Å². The van der Waals surface area contributed by atoms with Gasteiger partial charge in [0, 0.05) is 29.1 Å². The lowest BCUT2D eigenvalue weighted by atomic mass is 10.1. The number of nitrogens with one attached hydrogen (secondary N) is 2. The summed E-state index contributed by atoms with van der Waals surface area (Å²) in [7, 11) is 0. The average molecular weight is 592 g/mol. The van der Waals surface area contributed by atoms with Gasteiger partial charge in [0.2, 0.25) is 0 Å². The quantitative estimate of drug-likeness (QED) is 0.290. The first-order chi connectivity index (χ1) is 17.0. The third-order valence-electron chi connectivity index (χ3n) is 5.52. The Morgan fingerprint density at radius 2 is 1.94 bits per heavy atom. The van der Waals surface area contributed by atoms with Crippen LogP contribution in [-0.4, -0.2) is 67.8 Å². The number of amides is 2. The van der Waals surface area contributed by atoms with E-state index in [0.717, 1.165) is 5.56 Å². The molecule has 2 aliphatic rings. The number of anilines is 1. The van der Waals surface area contributed by atoms with E-state index in [1.807, 2.05) is 59.0 Å². The number of hydrogen-bond donors (Lipinski definition) is 3. The fourth-order valence-corrected chi connectivity index (χ4v) is 4.78. The van der Waals surface area contributed by atoms with Gasteiger partial charge in [-0.1, -0.05) is 36.4 Å². The lowest BCUT2D eigenvalue weighted by molar-refractivity contribution is -0.166. The molecule has 0 bridgehead atoms. The second-order valence-corrected chi connectivity index (χ2v) is 8.72. The maximum absolute atomic E-state index is 12.0. The molecule has 5 atom stereocenters. The van der Waals surface area contributed by atoms with Gasteiger partial charge in [-0.3, -0.25) is 9.88 Å². The molecule has 0 saturated carbocycles. The van der Waals surface area contributed by atoms with E-state index >= 15 is 0 Å². The van der Waals surface area contributed by atoms with Crippen molar-refractivity contribution < 1.29 is 28.9 Å². The van der Waals surface area contributed by atoms with Gasteiger partial charge >= 0.3 is 12.0 Å². The summed E-state index contributed by atoms with van der Waals surface area (Å²) >= 11 is 2.00. The molecule has 5 unspecified atom stereocenters. The van der Waals surface area contributed by atoms with Crippen molar-refractivity contribution in [1.82, 2.24) is 24.8 Å². The lowest BCUT2D eigenvalue weighted by Gasteiger charge is -2.20. The van der Waals surface area contributed by atoms with Crippen LogP contribution in [0.3, 0.4) is 0 Å². The van der Waals surface area contributed by atoms with Gasteiger partial charge in [0.05, 0.1) is 0 Å². The Labute approximate surface area is 212 Å². The molecule has 4 heterocycles. The van der Waals surface area contributed by atoms with Gasteiger partial charge in [0.25, 0.3) is 0 Å². The molecule has 182 valence electrons. The summed E-state index contributed by atoms with van der Waals surface area (Å²) in [5.41, 5.74) is 1.65. The van der Waals surface area contributed by atoms with Crippen molar-refractivity contribution in [2.24, 2.45) is 0 Å². The number of hydrogen-bond acceptors (Lipinski definition) is 8. The predicted molar refractivity (Wildman–Crippen MR) is 131 cm³/mol. The van der Waals surface area contributed by atoms with E-state index in [4.69, 9.17) is 14.2 Å². The molecular formula is C22H21IN6O6. The highest BCUT2D eigenvalue weighted by Crippen LogP contribution is 2.42. The fraction of sp³-hybridized carbons (Fsp3) is 0.318. The summed E-state index contributed by atoms with van der Waals surface area (Å²) in [5.74, 6) is -0.944. The van der Waals surface area contributed by atoms with E-state index in [1.54, 1.807) is 17.6 Å². The second kappa shape index (κ2) is 9.85. The number of benzene rings is 1. The summed E-state index contributed by atoms with van der Waals surface area (Å²) < 4.78 is 20.0. The lowest BCUT2D eigenvalue weighted by Crippen LogP contribution is -2.34. The number of carbonyl (C=O) groups excluding carboxylic acids is 1. The standard InChI is InChI=1S/C22H21IN6O6/c1-2-24-22(32)28-17-13-18(26-10-25-17)29(21(23)27-13)19-15-14(16(35-19)20(30)31)33-12(34-15)9-8-11-6-4-3-5-7-11/h3-10,12,14-16,19H,2H2,1H3,(H,30,31)(H2,24,25,26,28,32). The largest absolute Gasteiger partial charge is 0.479 e. The second-order valence-electron chi connectivity index (χ2n) is 7.75. The molecule has 2 saturated heterocycles. The molecule has 3 aromatic rings. The predicted octanol–water partition coefficient (Wildman–Crippen LogP) is 2.38. The number of nitrogens with zero attached hydrogens (tertiary/aromatic N) is 4. The summed E-state index contributed by atoms with van der Waals surface area (Å²) in [5, 5.41) is 15.0. The van der Waals surface area contributed by atoms with E-state index in [-0.39, 0.29) is 5.82 Å². The molecule has 1 aromatic carbocycles. The van der Waals surface area contributed by atoms with Gasteiger partial charge in [-0.2, -0.15) is 0 Å². The number of aliphatic carboxylic acids is 1. The van der Waals surface area contributed by atoms with Crippen LogP contribution in [0.15, 0.2) is 42.7 Å². The van der Waals surface area contributed by atoms with E-state index in [0.29, 0.717) is 21.5 Å². The van der Waals surface area contributed by atoms with E-state index < -0.39 is 42.8 Å². The molecule has 2 amide bonds. The maximum Gasteiger partial charge on any atom is 0.335 e. The number of rotatable bonds is 6. The Morgan fingerprint density at radius 1 is 1.17 bits per heavy atom. The van der Waals surface area contributed by atoms with Gasteiger partial charge in [0.15, 0.2) is 39.4 Å². The van der Waals surface area contributed by atoms with Crippen molar-refractivity contribution >= 4 is 57.6 Å². The molecule has 12 nitrogen and oxygen atoms in total. The Balaban J connectivity index is 1.46. The molecule has 2 aromatic heterocycles. The molecule has 2 aliphatic heterocycles. The van der Waals surface area contributed by atoms with Crippen LogP contribution in [0, 0.1) is 3.83 Å². The monoisotopic (exact) mass is 592 g/mol. The first kappa shape index (κ1) is 23.6. The minimum Gasteiger partial charge on any atom is -0.479 e. The number of aromatic nitrogens is 4. The number of fused-ring (bicyclic) bond motifs is 2. The normalized spacial score (nSPS) is 25.7. The topological polar surface area (TPSA) is 150 Å². The molecule has 35 heavy (non-hydrogen) atoms. The summed E-state index contributed by atoms with van der Waals surface area (Å²) in [6.45, 7) is 2.24. The van der Waals surface area contributed by atoms with Crippen molar-refractivity contribution in [3.8, 4) is 0 Å². The number of halogens is 1. The molecule has 0 aliphatic carbocycles. The maximum atomic E-state index is 12.0. The van der Waals surface area contributed by atoms with Crippen molar-refractivity contribution in [2.75, 3.05) is 11.9 Å². The molecular weight excluding hydrogens is 571 g/mol. The van der Waals surface area contributed by atoms with E-state index in [1.165, 1.54) is 6.33 Å². The van der Waals surface area contributed by atoms with Crippen LogP contribution in [0.25, 0.3) is 17.2 Å². The number of ether oxygens (including phenoxy) is 3. The zero-order chi connectivity index (χ0) is 24.5. The van der Waals surface area contributed by atoms with Gasteiger partial charge in [0.1, 0.15) is 18.5 Å². The number of carboxylic acids is 1. The highest BCUT2D eigenvalue weighted by molar-refractivity contribution is 14.1. The fourth-order valence-electron chi connectivity index (χ4n) is 4.04. The highest BCUT2D eigenvalue weighted by Gasteiger charge is 2.56. The van der Waals surface area contributed by atoms with Crippen LogP contribution in [0.2, 0.25) is 0 Å². The number of carboxylic acid groups (broad SMARTS) is 1. The first-order valence-corrected chi connectivity index (χ1v) is 11.9. The Morgan fingerprint density at radius 3 is 2.69 bits per heavy atom. The van der Waals surface area contributed by atoms with Crippen LogP contribution in [0.4, 0.5) is 10.6 Å². The van der Waals surface area contributed by atoms with E-state index in [9.17, 15) is 14.7 Å². The van der Waals surface area contributed by atoms with Gasteiger partial charge in [-0.25, -0.2) is 24.5 Å². The van der Waals surface area contributed by atoms with E-state index in [2.05, 4.69) is 25.6 Å². The molecule has 0 spiro atoms. The third kappa shape index (κ3) is 4.59.